The molecule has 2 aliphatic rings. The molecule has 0 bridgehead atoms. The van der Waals surface area contributed by atoms with Crippen molar-refractivity contribution in [1.82, 2.24) is 4.90 Å². The predicted octanol–water partition coefficient (Wildman–Crippen LogP) is 2.61. The van der Waals surface area contributed by atoms with Crippen molar-refractivity contribution in [3.05, 3.63) is 51.5 Å². The average molecular weight is 360 g/mol. The zero-order valence-electron chi connectivity index (χ0n) is 13.7. The topological polar surface area (TPSA) is 105 Å². The Hall–Kier alpha value is -2.64. The van der Waals surface area contributed by atoms with E-state index in [1.165, 1.54) is 16.7 Å². The Balaban J connectivity index is 1.70. The van der Waals surface area contributed by atoms with Gasteiger partial charge in [0.15, 0.2) is 0 Å². The van der Waals surface area contributed by atoms with Gasteiger partial charge in [-0.25, -0.2) is 4.79 Å². The predicted molar refractivity (Wildman–Crippen MR) is 91.5 cm³/mol. The van der Waals surface area contributed by atoms with E-state index in [-0.39, 0.29) is 23.6 Å². The lowest BCUT2D eigenvalue weighted by molar-refractivity contribution is -0.151. The second-order valence-corrected chi connectivity index (χ2v) is 6.72. The molecule has 0 aromatic heterocycles. The van der Waals surface area contributed by atoms with Crippen molar-refractivity contribution in [1.29, 1.82) is 0 Å². The molecule has 1 amide bonds. The fraction of sp³-hybridized carbons (Fsp3) is 0.375. The minimum Gasteiger partial charge on any atom is -0.497 e. The van der Waals surface area contributed by atoms with Crippen LogP contribution in [-0.2, 0) is 20.9 Å². The number of esters is 1. The van der Waals surface area contributed by atoms with E-state index in [4.69, 9.17) is 15.0 Å². The van der Waals surface area contributed by atoms with Crippen LogP contribution in [0.15, 0.2) is 40.6 Å². The maximum atomic E-state index is 12.5. The molecule has 1 fully saturated rings. The highest BCUT2D eigenvalue weighted by atomic mass is 32.2. The first-order chi connectivity index (χ1) is 12.1. The molecule has 2 atom stereocenters. The Bertz CT molecular complexity index is 786. The number of azide groups is 1. The molecule has 0 N–H and O–H groups in total. The number of rotatable bonds is 5. The summed E-state index contributed by atoms with van der Waals surface area (Å²) in [5.74, 6) is 0.381. The van der Waals surface area contributed by atoms with Gasteiger partial charge in [-0.2, -0.15) is 0 Å². The highest BCUT2D eigenvalue weighted by molar-refractivity contribution is 8.00. The van der Waals surface area contributed by atoms with Crippen LogP contribution in [0.2, 0.25) is 0 Å². The van der Waals surface area contributed by atoms with Crippen molar-refractivity contribution in [3.8, 4) is 5.75 Å². The number of carbonyl (C=O) groups excluding carboxylic acids is 2. The number of methoxy groups -OCH3 is 1. The van der Waals surface area contributed by atoms with E-state index >= 15 is 0 Å². The molecule has 2 heterocycles. The molecule has 1 aromatic rings. The van der Waals surface area contributed by atoms with Gasteiger partial charge in [-0.15, -0.1) is 11.8 Å². The number of carbonyl (C=O) groups is 2. The summed E-state index contributed by atoms with van der Waals surface area (Å²) >= 11 is 1.47. The molecule has 8 nitrogen and oxygen atoms in total. The minimum atomic E-state index is -0.757. The van der Waals surface area contributed by atoms with Gasteiger partial charge in [-0.3, -0.25) is 9.69 Å². The third-order valence-electron chi connectivity index (χ3n) is 4.03. The largest absolute Gasteiger partial charge is 0.497 e. The monoisotopic (exact) mass is 360 g/mol. The Morgan fingerprint density at radius 1 is 1.44 bits per heavy atom. The second kappa shape index (κ2) is 7.08. The maximum absolute atomic E-state index is 12.5. The summed E-state index contributed by atoms with van der Waals surface area (Å²) in [6, 6.07) is 6.42. The zero-order chi connectivity index (χ0) is 18.0. The summed E-state index contributed by atoms with van der Waals surface area (Å²) in [6.45, 7) is 1.89. The molecular weight excluding hydrogens is 344 g/mol. The Labute approximate surface area is 148 Å². The van der Waals surface area contributed by atoms with E-state index in [2.05, 4.69) is 10.0 Å². The van der Waals surface area contributed by atoms with Gasteiger partial charge >= 0.3 is 5.97 Å². The quantitative estimate of drug-likeness (QED) is 0.264. The number of fused-ring (bicyclic) bond motifs is 1. The first-order valence-electron chi connectivity index (χ1n) is 7.55. The van der Waals surface area contributed by atoms with Gasteiger partial charge in [0, 0.05) is 10.7 Å². The maximum Gasteiger partial charge on any atom is 0.355 e. The first-order valence-corrected chi connectivity index (χ1v) is 8.60. The Morgan fingerprint density at radius 3 is 2.80 bits per heavy atom. The summed E-state index contributed by atoms with van der Waals surface area (Å²) in [7, 11) is 1.58. The van der Waals surface area contributed by atoms with Crippen molar-refractivity contribution >= 4 is 23.6 Å². The number of β-lactam (4-membered cyclic amide) rings is 1. The molecule has 0 saturated carbocycles. The Morgan fingerprint density at radius 2 is 2.16 bits per heavy atom. The van der Waals surface area contributed by atoms with Crippen molar-refractivity contribution in [3.63, 3.8) is 0 Å². The molecule has 0 unspecified atom stereocenters. The normalized spacial score (nSPS) is 21.8. The fourth-order valence-corrected chi connectivity index (χ4v) is 3.98. The lowest BCUT2D eigenvalue weighted by Gasteiger charge is -2.47. The number of hydrogen-bond acceptors (Lipinski definition) is 6. The van der Waals surface area contributed by atoms with Gasteiger partial charge in [0.2, 0.25) is 5.91 Å². The van der Waals surface area contributed by atoms with E-state index in [0.29, 0.717) is 5.75 Å². The van der Waals surface area contributed by atoms with Gasteiger partial charge in [0.25, 0.3) is 0 Å². The van der Waals surface area contributed by atoms with E-state index in [1.807, 2.05) is 0 Å². The molecule has 1 aromatic carbocycles. The molecule has 0 spiro atoms. The van der Waals surface area contributed by atoms with Crippen LogP contribution < -0.4 is 4.74 Å². The van der Waals surface area contributed by atoms with Gasteiger partial charge in [-0.1, -0.05) is 17.2 Å². The van der Waals surface area contributed by atoms with Crippen LogP contribution in [0.3, 0.4) is 0 Å². The summed E-state index contributed by atoms with van der Waals surface area (Å²) in [5, 5.41) is 3.17. The number of ether oxygens (including phenoxy) is 2. The highest BCUT2D eigenvalue weighted by Crippen LogP contribution is 2.41. The fourth-order valence-electron chi connectivity index (χ4n) is 2.71. The standard InChI is InChI=1S/C16H16N4O4S/c1-9-8-25-15-12(18-19-17)14(21)20(15)13(9)16(22)24-7-10-3-5-11(23-2)6-4-10/h3-6,12,15H,7-8H2,1-2H3/t12-,15+/m0/s1. The van der Waals surface area contributed by atoms with Crippen molar-refractivity contribution in [2.24, 2.45) is 5.11 Å². The zero-order valence-corrected chi connectivity index (χ0v) is 14.5. The van der Waals surface area contributed by atoms with E-state index in [9.17, 15) is 9.59 Å². The summed E-state index contributed by atoms with van der Waals surface area (Å²) in [6.07, 6.45) is 0. The van der Waals surface area contributed by atoms with Gasteiger partial charge in [-0.05, 0) is 35.7 Å². The van der Waals surface area contributed by atoms with Gasteiger partial charge in [0.1, 0.15) is 29.5 Å². The molecule has 2 aliphatic heterocycles. The average Bonchev–Trinajstić information content (AvgIpc) is 2.64. The summed E-state index contributed by atoms with van der Waals surface area (Å²) in [5.41, 5.74) is 10.4. The third kappa shape index (κ3) is 3.16. The number of benzene rings is 1. The van der Waals surface area contributed by atoms with Crippen LogP contribution in [0.1, 0.15) is 12.5 Å². The molecule has 130 valence electrons. The number of amides is 1. The molecule has 25 heavy (non-hydrogen) atoms. The second-order valence-electron chi connectivity index (χ2n) is 5.61. The molecule has 3 rings (SSSR count). The Kier molecular flexibility index (Phi) is 4.87. The smallest absolute Gasteiger partial charge is 0.355 e. The molecule has 0 aliphatic carbocycles. The van der Waals surface area contributed by atoms with Crippen LogP contribution in [0.5, 0.6) is 5.75 Å². The van der Waals surface area contributed by atoms with Gasteiger partial charge in [0.05, 0.1) is 7.11 Å². The number of thioether (sulfide) groups is 1. The third-order valence-corrected chi connectivity index (χ3v) is 5.44. The molecule has 1 saturated heterocycles. The number of nitrogens with zero attached hydrogens (tertiary/aromatic N) is 4. The van der Waals surface area contributed by atoms with Crippen LogP contribution >= 0.6 is 11.8 Å². The molecular formula is C16H16N4O4S. The van der Waals surface area contributed by atoms with E-state index < -0.39 is 12.0 Å². The van der Waals surface area contributed by atoms with Crippen molar-refractivity contribution in [2.75, 3.05) is 12.9 Å². The van der Waals surface area contributed by atoms with Crippen LogP contribution in [-0.4, -0.2) is 41.1 Å². The van der Waals surface area contributed by atoms with E-state index in [1.54, 1.807) is 38.3 Å². The highest BCUT2D eigenvalue weighted by Gasteiger charge is 2.52. The molecule has 9 heteroatoms. The van der Waals surface area contributed by atoms with E-state index in [0.717, 1.165) is 16.9 Å². The SMILES string of the molecule is COc1ccc(COC(=O)C2=C(C)CS[C@@H]3[C@@H](N=[N+]=[N-])C(=O)N23)cc1. The summed E-state index contributed by atoms with van der Waals surface area (Å²) < 4.78 is 10.4. The lowest BCUT2D eigenvalue weighted by atomic mass is 10.0. The number of hydrogen-bond donors (Lipinski definition) is 0. The first kappa shape index (κ1) is 17.2. The summed E-state index contributed by atoms with van der Waals surface area (Å²) in [4.78, 5) is 28.8. The molecule has 0 radical (unpaired) electrons. The van der Waals surface area contributed by atoms with Crippen LogP contribution in [0.25, 0.3) is 10.4 Å². The van der Waals surface area contributed by atoms with Crippen LogP contribution in [0, 0.1) is 0 Å². The minimum absolute atomic E-state index is 0.0965. The van der Waals surface area contributed by atoms with Crippen molar-refractivity contribution in [2.45, 2.75) is 24.9 Å². The van der Waals surface area contributed by atoms with Gasteiger partial charge < -0.3 is 9.47 Å². The lowest BCUT2D eigenvalue weighted by Crippen LogP contribution is -2.64. The van der Waals surface area contributed by atoms with Crippen molar-refractivity contribution < 1.29 is 19.1 Å². The van der Waals surface area contributed by atoms with Crippen LogP contribution in [0.4, 0.5) is 0 Å².